The maximum Gasteiger partial charge on any atom is 0.240 e. The summed E-state index contributed by atoms with van der Waals surface area (Å²) in [6, 6.07) is 7.02. The van der Waals surface area contributed by atoms with Crippen molar-refractivity contribution in [3.05, 3.63) is 23.8 Å². The van der Waals surface area contributed by atoms with Crippen LogP contribution in [0.4, 0.5) is 5.69 Å². The van der Waals surface area contributed by atoms with Crippen LogP contribution < -0.4 is 10.6 Å². The first kappa shape index (κ1) is 12.1. The number of hydrogen-bond acceptors (Lipinski definition) is 3. The quantitative estimate of drug-likeness (QED) is 0.880. The Morgan fingerprint density at radius 3 is 2.94 bits per heavy atom. The summed E-state index contributed by atoms with van der Waals surface area (Å²) in [6.07, 6.45) is 2.62. The Morgan fingerprint density at radius 2 is 2.22 bits per heavy atom. The molecule has 1 aromatic carbocycles. The molecule has 1 aromatic rings. The van der Waals surface area contributed by atoms with Gasteiger partial charge in [0.1, 0.15) is 0 Å². The number of carbonyl (C=O) groups is 1. The molecule has 4 heteroatoms. The molecule has 0 saturated heterocycles. The Balaban J connectivity index is 1.79. The van der Waals surface area contributed by atoms with Crippen molar-refractivity contribution in [1.29, 1.82) is 0 Å². The summed E-state index contributed by atoms with van der Waals surface area (Å²) in [5, 5.41) is 6.49. The Kier molecular flexibility index (Phi) is 2.87. The van der Waals surface area contributed by atoms with Gasteiger partial charge in [-0.2, -0.15) is 0 Å². The lowest BCUT2D eigenvalue weighted by Gasteiger charge is -2.30. The Hall–Kier alpha value is -1.00. The zero-order chi connectivity index (χ0) is 12.8. The van der Waals surface area contributed by atoms with Gasteiger partial charge in [-0.05, 0) is 44.4 Å². The van der Waals surface area contributed by atoms with Crippen molar-refractivity contribution < 1.29 is 4.79 Å². The first-order valence-corrected chi connectivity index (χ1v) is 7.23. The fraction of sp³-hybridized carbons (Fsp3) is 0.500. The van der Waals surface area contributed by atoms with Gasteiger partial charge in [0.05, 0.1) is 10.4 Å². The molecule has 96 valence electrons. The fourth-order valence-corrected chi connectivity index (χ4v) is 3.14. The number of hydrogen-bond donors (Lipinski definition) is 2. The summed E-state index contributed by atoms with van der Waals surface area (Å²) in [4.78, 5) is 13.0. The molecule has 3 rings (SSSR count). The lowest BCUT2D eigenvalue weighted by atomic mass is 10.1. The fourth-order valence-electron chi connectivity index (χ4n) is 2.01. The highest BCUT2D eigenvalue weighted by Gasteiger charge is 2.34. The summed E-state index contributed by atoms with van der Waals surface area (Å²) < 4.78 is -0.379. The zero-order valence-corrected chi connectivity index (χ0v) is 11.6. The van der Waals surface area contributed by atoms with E-state index in [1.807, 2.05) is 19.9 Å². The second-order valence-corrected chi connectivity index (χ2v) is 7.22. The van der Waals surface area contributed by atoms with Crippen LogP contribution in [0.2, 0.25) is 0 Å². The molecule has 0 spiro atoms. The van der Waals surface area contributed by atoms with Gasteiger partial charge in [-0.1, -0.05) is 6.07 Å². The van der Waals surface area contributed by atoms with Gasteiger partial charge >= 0.3 is 0 Å². The average molecular weight is 262 g/mol. The molecule has 0 atom stereocenters. The van der Waals surface area contributed by atoms with E-state index in [0.29, 0.717) is 0 Å². The third-order valence-electron chi connectivity index (χ3n) is 3.38. The van der Waals surface area contributed by atoms with Gasteiger partial charge in [0.25, 0.3) is 0 Å². The van der Waals surface area contributed by atoms with E-state index in [-0.39, 0.29) is 10.7 Å². The normalized spacial score (nSPS) is 21.3. The van der Waals surface area contributed by atoms with Gasteiger partial charge in [-0.3, -0.25) is 4.79 Å². The Bertz CT molecular complexity index is 495. The molecule has 0 bridgehead atoms. The highest BCUT2D eigenvalue weighted by atomic mass is 32.2. The SMILES string of the molecule is CC1(C)Sc2cc(CNC3CC3)ccc2NC1=O. The van der Waals surface area contributed by atoms with E-state index in [1.165, 1.54) is 23.3 Å². The van der Waals surface area contributed by atoms with Gasteiger partial charge in [-0.25, -0.2) is 0 Å². The standard InChI is InChI=1S/C14H18N2OS/c1-14(2)13(17)16-11-6-3-9(7-12(11)18-14)8-15-10-4-5-10/h3,6-7,10,15H,4-5,8H2,1-2H3,(H,16,17). The van der Waals surface area contributed by atoms with Crippen LogP contribution >= 0.6 is 11.8 Å². The lowest BCUT2D eigenvalue weighted by molar-refractivity contribution is -0.117. The molecule has 18 heavy (non-hydrogen) atoms. The molecule has 1 heterocycles. The molecule has 2 N–H and O–H groups in total. The van der Waals surface area contributed by atoms with Crippen molar-refractivity contribution in [2.75, 3.05) is 5.32 Å². The molecule has 2 aliphatic rings. The summed E-state index contributed by atoms with van der Waals surface area (Å²) in [5.41, 5.74) is 2.24. The van der Waals surface area contributed by atoms with Crippen LogP contribution in [0, 0.1) is 0 Å². The van der Waals surface area contributed by atoms with Crippen LogP contribution in [-0.2, 0) is 11.3 Å². The number of rotatable bonds is 3. The summed E-state index contributed by atoms with van der Waals surface area (Å²) >= 11 is 1.65. The molecule has 1 saturated carbocycles. The molecule has 0 aromatic heterocycles. The second-order valence-electron chi connectivity index (χ2n) is 5.55. The van der Waals surface area contributed by atoms with Crippen LogP contribution in [0.3, 0.4) is 0 Å². The van der Waals surface area contributed by atoms with Gasteiger partial charge in [0.2, 0.25) is 5.91 Å². The largest absolute Gasteiger partial charge is 0.324 e. The van der Waals surface area contributed by atoms with Crippen LogP contribution in [0.15, 0.2) is 23.1 Å². The smallest absolute Gasteiger partial charge is 0.240 e. The first-order valence-electron chi connectivity index (χ1n) is 6.41. The summed E-state index contributed by atoms with van der Waals surface area (Å²) in [6.45, 7) is 4.85. The molecular formula is C14H18N2OS. The van der Waals surface area contributed by atoms with Gasteiger partial charge in [-0.15, -0.1) is 11.8 Å². The number of amides is 1. The van der Waals surface area contributed by atoms with Gasteiger partial charge in [0.15, 0.2) is 0 Å². The van der Waals surface area contributed by atoms with Crippen LogP contribution in [-0.4, -0.2) is 16.7 Å². The summed E-state index contributed by atoms with van der Waals surface area (Å²) in [7, 11) is 0. The van der Waals surface area contributed by atoms with E-state index >= 15 is 0 Å². The van der Waals surface area contributed by atoms with E-state index in [0.717, 1.165) is 18.3 Å². The number of thioether (sulfide) groups is 1. The lowest BCUT2D eigenvalue weighted by Crippen LogP contribution is -2.37. The van der Waals surface area contributed by atoms with E-state index in [9.17, 15) is 4.79 Å². The number of fused-ring (bicyclic) bond motifs is 1. The Morgan fingerprint density at radius 1 is 1.44 bits per heavy atom. The van der Waals surface area contributed by atoms with Crippen molar-refractivity contribution in [1.82, 2.24) is 5.32 Å². The highest BCUT2D eigenvalue weighted by Crippen LogP contribution is 2.42. The van der Waals surface area contributed by atoms with E-state index < -0.39 is 0 Å². The zero-order valence-electron chi connectivity index (χ0n) is 10.7. The topological polar surface area (TPSA) is 41.1 Å². The predicted octanol–water partition coefficient (Wildman–Crippen LogP) is 2.76. The van der Waals surface area contributed by atoms with Crippen molar-refractivity contribution in [2.24, 2.45) is 0 Å². The monoisotopic (exact) mass is 262 g/mol. The number of benzene rings is 1. The highest BCUT2D eigenvalue weighted by molar-refractivity contribution is 8.01. The van der Waals surface area contributed by atoms with E-state index in [2.05, 4.69) is 22.8 Å². The van der Waals surface area contributed by atoms with E-state index in [4.69, 9.17) is 0 Å². The average Bonchev–Trinajstić information content (AvgIpc) is 3.11. The van der Waals surface area contributed by atoms with E-state index in [1.54, 1.807) is 11.8 Å². The molecule has 1 aliphatic carbocycles. The third kappa shape index (κ3) is 2.40. The number of nitrogens with one attached hydrogen (secondary N) is 2. The van der Waals surface area contributed by atoms with Crippen LogP contribution in [0.1, 0.15) is 32.3 Å². The van der Waals surface area contributed by atoms with Crippen molar-refractivity contribution in [2.45, 2.75) is 48.9 Å². The van der Waals surface area contributed by atoms with Crippen LogP contribution in [0.5, 0.6) is 0 Å². The molecule has 1 amide bonds. The molecule has 0 radical (unpaired) electrons. The van der Waals surface area contributed by atoms with Gasteiger partial charge in [0, 0.05) is 17.5 Å². The van der Waals surface area contributed by atoms with Crippen LogP contribution in [0.25, 0.3) is 0 Å². The molecule has 1 fully saturated rings. The minimum Gasteiger partial charge on any atom is -0.324 e. The number of anilines is 1. The minimum absolute atomic E-state index is 0.0869. The summed E-state index contributed by atoms with van der Waals surface area (Å²) in [5.74, 6) is 0.0869. The molecular weight excluding hydrogens is 244 g/mol. The predicted molar refractivity (Wildman–Crippen MR) is 74.9 cm³/mol. The Labute approximate surface area is 112 Å². The molecule has 0 unspecified atom stereocenters. The maximum atomic E-state index is 11.8. The van der Waals surface area contributed by atoms with Crippen molar-refractivity contribution in [3.8, 4) is 0 Å². The van der Waals surface area contributed by atoms with Gasteiger partial charge < -0.3 is 10.6 Å². The van der Waals surface area contributed by atoms with Crippen molar-refractivity contribution >= 4 is 23.4 Å². The second kappa shape index (κ2) is 4.28. The third-order valence-corrected chi connectivity index (χ3v) is 4.63. The number of carbonyl (C=O) groups excluding carboxylic acids is 1. The van der Waals surface area contributed by atoms with Crippen molar-refractivity contribution in [3.63, 3.8) is 0 Å². The molecule has 3 nitrogen and oxygen atoms in total. The minimum atomic E-state index is -0.379. The first-order chi connectivity index (χ1) is 8.54. The molecule has 1 aliphatic heterocycles. The maximum absolute atomic E-state index is 11.8.